The minimum Gasteiger partial charge on any atom is -0.339 e. The van der Waals surface area contributed by atoms with Crippen molar-refractivity contribution in [3.8, 4) is 17.1 Å². The van der Waals surface area contributed by atoms with Crippen LogP contribution in [0.2, 0.25) is 0 Å². The van der Waals surface area contributed by atoms with Crippen LogP contribution in [0.25, 0.3) is 17.1 Å². The van der Waals surface area contributed by atoms with Crippen LogP contribution in [0, 0.1) is 18.7 Å². The molecule has 1 amide bonds. The number of likely N-dealkylation sites (tertiary alicyclic amines) is 1. The number of halogens is 1. The Morgan fingerprint density at radius 3 is 2.76 bits per heavy atom. The summed E-state index contributed by atoms with van der Waals surface area (Å²) in [6.45, 7) is 3.22. The van der Waals surface area contributed by atoms with Crippen molar-refractivity contribution in [2.45, 2.75) is 26.2 Å². The number of carbonyl (C=O) groups is 1. The second kappa shape index (κ2) is 8.97. The summed E-state index contributed by atoms with van der Waals surface area (Å²) in [5, 5.41) is 8.37. The number of carbonyl (C=O) groups excluding carboxylic acids is 1. The summed E-state index contributed by atoms with van der Waals surface area (Å²) >= 11 is 0. The highest BCUT2D eigenvalue weighted by atomic mass is 19.1. The lowest BCUT2D eigenvalue weighted by Crippen LogP contribution is -2.40. The van der Waals surface area contributed by atoms with Crippen molar-refractivity contribution in [1.29, 1.82) is 0 Å². The minimum atomic E-state index is -0.384. The third kappa shape index (κ3) is 4.28. The van der Waals surface area contributed by atoms with Gasteiger partial charge in [0.2, 0.25) is 11.7 Å². The van der Waals surface area contributed by atoms with Crippen molar-refractivity contribution < 1.29 is 13.7 Å². The third-order valence-corrected chi connectivity index (χ3v) is 6.09. The fourth-order valence-electron chi connectivity index (χ4n) is 4.37. The normalized spacial score (nSPS) is 16.2. The SMILES string of the molecule is Cc1c(C(=O)N2CCCC(Cc3nc(-c4ccccc4F)no3)C2)cnn1-c1ccccc1. The highest BCUT2D eigenvalue weighted by Gasteiger charge is 2.28. The lowest BCUT2D eigenvalue weighted by Gasteiger charge is -2.32. The second-order valence-electron chi connectivity index (χ2n) is 8.35. The predicted octanol–water partition coefficient (Wildman–Crippen LogP) is 4.46. The topological polar surface area (TPSA) is 77.1 Å². The number of para-hydroxylation sites is 1. The highest BCUT2D eigenvalue weighted by Crippen LogP contribution is 2.25. The standard InChI is InChI=1S/C25H24FN5O2/c1-17-21(15-27-31(17)19-9-3-2-4-10-19)25(32)30-13-7-8-18(16-30)14-23-28-24(29-33-23)20-11-5-6-12-22(20)26/h2-6,9-12,15,18H,7-8,13-14,16H2,1H3. The fourth-order valence-corrected chi connectivity index (χ4v) is 4.37. The summed E-state index contributed by atoms with van der Waals surface area (Å²) in [4.78, 5) is 19.5. The van der Waals surface area contributed by atoms with Crippen molar-refractivity contribution in [2.24, 2.45) is 5.92 Å². The summed E-state index contributed by atoms with van der Waals surface area (Å²) in [7, 11) is 0. The van der Waals surface area contributed by atoms with E-state index in [9.17, 15) is 9.18 Å². The molecule has 33 heavy (non-hydrogen) atoms. The maximum Gasteiger partial charge on any atom is 0.257 e. The lowest BCUT2D eigenvalue weighted by molar-refractivity contribution is 0.0667. The Labute approximate surface area is 190 Å². The number of benzene rings is 2. The molecule has 0 saturated carbocycles. The molecule has 1 unspecified atom stereocenters. The molecule has 1 aliphatic heterocycles. The first-order valence-electron chi connectivity index (χ1n) is 11.1. The summed E-state index contributed by atoms with van der Waals surface area (Å²) in [5.74, 6) is 0.500. The number of piperidine rings is 1. The van der Waals surface area contributed by atoms with Crippen LogP contribution in [0.4, 0.5) is 4.39 Å². The highest BCUT2D eigenvalue weighted by molar-refractivity contribution is 5.95. The molecule has 0 radical (unpaired) electrons. The van der Waals surface area contributed by atoms with Crippen LogP contribution in [0.3, 0.4) is 0 Å². The van der Waals surface area contributed by atoms with Crippen LogP contribution >= 0.6 is 0 Å². The maximum atomic E-state index is 14.0. The number of aromatic nitrogens is 4. The molecule has 0 spiro atoms. The van der Waals surface area contributed by atoms with Crippen molar-refractivity contribution in [3.05, 3.63) is 83.8 Å². The first-order chi connectivity index (χ1) is 16.1. The predicted molar refractivity (Wildman–Crippen MR) is 120 cm³/mol. The first-order valence-corrected chi connectivity index (χ1v) is 11.1. The number of hydrogen-bond donors (Lipinski definition) is 0. The summed E-state index contributed by atoms with van der Waals surface area (Å²) < 4.78 is 21.2. The van der Waals surface area contributed by atoms with Gasteiger partial charge in [-0.3, -0.25) is 4.79 Å². The van der Waals surface area contributed by atoms with Gasteiger partial charge in [0.05, 0.1) is 28.7 Å². The average molecular weight is 445 g/mol. The number of amides is 1. The van der Waals surface area contributed by atoms with E-state index in [1.165, 1.54) is 6.07 Å². The molecular formula is C25H24FN5O2. The molecule has 4 aromatic rings. The van der Waals surface area contributed by atoms with E-state index in [1.54, 1.807) is 29.1 Å². The van der Waals surface area contributed by atoms with Gasteiger partial charge in [0.15, 0.2) is 0 Å². The van der Waals surface area contributed by atoms with Crippen LogP contribution in [0.15, 0.2) is 65.3 Å². The van der Waals surface area contributed by atoms with Crippen LogP contribution in [-0.4, -0.2) is 43.8 Å². The first kappa shape index (κ1) is 21.1. The van der Waals surface area contributed by atoms with Crippen LogP contribution in [-0.2, 0) is 6.42 Å². The monoisotopic (exact) mass is 445 g/mol. The van der Waals surface area contributed by atoms with Gasteiger partial charge in [-0.05, 0) is 49.9 Å². The molecule has 3 heterocycles. The Morgan fingerprint density at radius 2 is 1.94 bits per heavy atom. The zero-order valence-corrected chi connectivity index (χ0v) is 18.3. The van der Waals surface area contributed by atoms with E-state index in [1.807, 2.05) is 42.2 Å². The van der Waals surface area contributed by atoms with Crippen molar-refractivity contribution >= 4 is 5.91 Å². The molecule has 0 aliphatic carbocycles. The zero-order valence-electron chi connectivity index (χ0n) is 18.3. The lowest BCUT2D eigenvalue weighted by atomic mass is 9.94. The zero-order chi connectivity index (χ0) is 22.8. The number of hydrogen-bond acceptors (Lipinski definition) is 5. The molecule has 1 fully saturated rings. The van der Waals surface area contributed by atoms with Gasteiger partial charge < -0.3 is 9.42 Å². The van der Waals surface area contributed by atoms with E-state index in [2.05, 4.69) is 15.2 Å². The molecule has 8 heteroatoms. The Bertz CT molecular complexity index is 1270. The van der Waals surface area contributed by atoms with Gasteiger partial charge in [-0.15, -0.1) is 0 Å². The summed E-state index contributed by atoms with van der Waals surface area (Å²) in [6.07, 6.45) is 4.06. The van der Waals surface area contributed by atoms with Gasteiger partial charge in [-0.2, -0.15) is 10.1 Å². The molecule has 2 aromatic carbocycles. The van der Waals surface area contributed by atoms with E-state index < -0.39 is 0 Å². The Morgan fingerprint density at radius 1 is 1.15 bits per heavy atom. The molecule has 2 aromatic heterocycles. The molecule has 7 nitrogen and oxygen atoms in total. The minimum absolute atomic E-state index is 0.0167. The van der Waals surface area contributed by atoms with E-state index in [0.29, 0.717) is 36.5 Å². The van der Waals surface area contributed by atoms with Gasteiger partial charge >= 0.3 is 0 Å². The van der Waals surface area contributed by atoms with E-state index in [4.69, 9.17) is 4.52 Å². The van der Waals surface area contributed by atoms with E-state index in [0.717, 1.165) is 24.2 Å². The Kier molecular flexibility index (Phi) is 5.73. The Hall–Kier alpha value is -3.81. The molecule has 1 saturated heterocycles. The third-order valence-electron chi connectivity index (χ3n) is 6.09. The molecule has 5 rings (SSSR count). The number of nitrogens with zero attached hydrogens (tertiary/aromatic N) is 5. The molecule has 0 bridgehead atoms. The molecule has 168 valence electrons. The van der Waals surface area contributed by atoms with Crippen LogP contribution in [0.5, 0.6) is 0 Å². The second-order valence-corrected chi connectivity index (χ2v) is 8.35. The van der Waals surface area contributed by atoms with Crippen molar-refractivity contribution in [2.75, 3.05) is 13.1 Å². The van der Waals surface area contributed by atoms with Crippen LogP contribution in [0.1, 0.15) is 34.8 Å². The largest absolute Gasteiger partial charge is 0.339 e. The molecule has 1 aliphatic rings. The van der Waals surface area contributed by atoms with Crippen molar-refractivity contribution in [1.82, 2.24) is 24.8 Å². The van der Waals surface area contributed by atoms with Crippen LogP contribution < -0.4 is 0 Å². The van der Waals surface area contributed by atoms with Gasteiger partial charge in [-0.25, -0.2) is 9.07 Å². The van der Waals surface area contributed by atoms with Crippen molar-refractivity contribution in [3.63, 3.8) is 0 Å². The Balaban J connectivity index is 1.28. The van der Waals surface area contributed by atoms with Gasteiger partial charge in [0.25, 0.3) is 5.91 Å². The average Bonchev–Trinajstić information content (AvgIpc) is 3.46. The molecule has 0 N–H and O–H groups in total. The van der Waals surface area contributed by atoms with Gasteiger partial charge in [0, 0.05) is 19.5 Å². The summed E-state index contributed by atoms with van der Waals surface area (Å²) in [5.41, 5.74) is 2.67. The molecular weight excluding hydrogens is 421 g/mol. The number of rotatable bonds is 5. The fraction of sp³-hybridized carbons (Fsp3) is 0.280. The van der Waals surface area contributed by atoms with E-state index >= 15 is 0 Å². The van der Waals surface area contributed by atoms with Gasteiger partial charge in [-0.1, -0.05) is 35.5 Å². The summed E-state index contributed by atoms with van der Waals surface area (Å²) in [6, 6.07) is 16.1. The maximum absolute atomic E-state index is 14.0. The molecule has 1 atom stereocenters. The van der Waals surface area contributed by atoms with E-state index in [-0.39, 0.29) is 23.5 Å². The quantitative estimate of drug-likeness (QED) is 0.453. The smallest absolute Gasteiger partial charge is 0.257 e. The van der Waals surface area contributed by atoms with Gasteiger partial charge in [0.1, 0.15) is 5.82 Å².